The van der Waals surface area contributed by atoms with E-state index in [0.717, 1.165) is 5.56 Å². The van der Waals surface area contributed by atoms with E-state index in [1.165, 1.54) is 10.4 Å². The van der Waals surface area contributed by atoms with Crippen LogP contribution in [0.3, 0.4) is 0 Å². The van der Waals surface area contributed by atoms with Gasteiger partial charge in [0, 0.05) is 25.1 Å². The maximum atomic E-state index is 12.7. The first-order chi connectivity index (χ1) is 10.3. The van der Waals surface area contributed by atoms with E-state index < -0.39 is 21.9 Å². The van der Waals surface area contributed by atoms with Crippen molar-refractivity contribution < 1.29 is 23.1 Å². The highest BCUT2D eigenvalue weighted by Crippen LogP contribution is 2.39. The number of sulfonamides is 1. The number of aliphatic carboxylic acids is 1. The van der Waals surface area contributed by atoms with Crippen LogP contribution in [0, 0.1) is 5.92 Å². The average Bonchev–Trinajstić information content (AvgIpc) is 3.04. The molecule has 8 heteroatoms. The first-order valence-corrected chi connectivity index (χ1v) is 8.83. The largest absolute Gasteiger partial charge is 0.489 e. The second kappa shape index (κ2) is 5.40. The first kappa shape index (κ1) is 15.6. The molecule has 0 radical (unpaired) electrons. The first-order valence-electron chi connectivity index (χ1n) is 7.01. The number of fused-ring (bicyclic) bond motifs is 1. The van der Waals surface area contributed by atoms with Crippen molar-refractivity contribution in [1.29, 1.82) is 0 Å². The van der Waals surface area contributed by atoms with Crippen LogP contribution in [0.5, 0.6) is 5.75 Å². The smallest absolute Gasteiger partial charge is 0.307 e. The molecule has 1 fully saturated rings. The van der Waals surface area contributed by atoms with Gasteiger partial charge in [-0.15, -0.1) is 0 Å². The van der Waals surface area contributed by atoms with Gasteiger partial charge in [0.1, 0.15) is 11.9 Å². The molecule has 120 valence electrons. The average molecular weight is 346 g/mol. The summed E-state index contributed by atoms with van der Waals surface area (Å²) < 4.78 is 32.1. The van der Waals surface area contributed by atoms with Gasteiger partial charge >= 0.3 is 5.97 Å². The second-order valence-corrected chi connectivity index (χ2v) is 8.06. The lowest BCUT2D eigenvalue weighted by Crippen LogP contribution is -2.30. The number of halogens is 1. The molecular weight excluding hydrogens is 330 g/mol. The lowest BCUT2D eigenvalue weighted by molar-refractivity contribution is -0.141. The van der Waals surface area contributed by atoms with E-state index in [-0.39, 0.29) is 29.1 Å². The molecule has 0 spiro atoms. The van der Waals surface area contributed by atoms with Crippen LogP contribution in [0.15, 0.2) is 17.0 Å². The lowest BCUT2D eigenvalue weighted by Gasteiger charge is -2.17. The molecule has 1 N–H and O–H groups in total. The third kappa shape index (κ3) is 2.57. The maximum absolute atomic E-state index is 12.7. The molecule has 0 saturated carbocycles. The summed E-state index contributed by atoms with van der Waals surface area (Å²) in [5.41, 5.74) is 0.771. The fraction of sp³-hybridized carbons (Fsp3) is 0.500. The summed E-state index contributed by atoms with van der Waals surface area (Å²) >= 11 is 6.13. The highest BCUT2D eigenvalue weighted by atomic mass is 35.5. The molecule has 2 heterocycles. The van der Waals surface area contributed by atoms with Crippen LogP contribution in [0.25, 0.3) is 0 Å². The van der Waals surface area contributed by atoms with Crippen molar-refractivity contribution in [2.24, 2.45) is 5.92 Å². The SMILES string of the molecule is CC1Cc2cc(S(=O)(=O)N3CCC(C(=O)O)C3)cc(Cl)c2O1. The van der Waals surface area contributed by atoms with Crippen LogP contribution in [0.1, 0.15) is 18.9 Å². The van der Waals surface area contributed by atoms with Crippen molar-refractivity contribution in [1.82, 2.24) is 4.31 Å². The summed E-state index contributed by atoms with van der Waals surface area (Å²) in [5.74, 6) is -1.08. The Kier molecular flexibility index (Phi) is 3.82. The van der Waals surface area contributed by atoms with Crippen LogP contribution in [-0.4, -0.2) is 43.0 Å². The number of hydrogen-bond acceptors (Lipinski definition) is 4. The van der Waals surface area contributed by atoms with E-state index in [9.17, 15) is 13.2 Å². The molecule has 0 aromatic heterocycles. The third-order valence-corrected chi connectivity index (χ3v) is 6.18. The number of benzene rings is 1. The lowest BCUT2D eigenvalue weighted by atomic mass is 10.1. The van der Waals surface area contributed by atoms with Crippen LogP contribution < -0.4 is 4.74 Å². The summed E-state index contributed by atoms with van der Waals surface area (Å²) in [6.07, 6.45) is 0.900. The minimum atomic E-state index is -3.74. The quantitative estimate of drug-likeness (QED) is 0.902. The van der Waals surface area contributed by atoms with Gasteiger partial charge in [0.2, 0.25) is 10.0 Å². The Morgan fingerprint density at radius 3 is 2.82 bits per heavy atom. The topological polar surface area (TPSA) is 83.9 Å². The van der Waals surface area contributed by atoms with E-state index in [2.05, 4.69) is 0 Å². The highest BCUT2D eigenvalue weighted by molar-refractivity contribution is 7.89. The van der Waals surface area contributed by atoms with Crippen LogP contribution in [0.4, 0.5) is 0 Å². The van der Waals surface area contributed by atoms with Gasteiger partial charge < -0.3 is 9.84 Å². The minimum Gasteiger partial charge on any atom is -0.489 e. The number of rotatable bonds is 3. The molecule has 2 unspecified atom stereocenters. The number of nitrogens with zero attached hydrogens (tertiary/aromatic N) is 1. The Balaban J connectivity index is 1.93. The van der Waals surface area contributed by atoms with Gasteiger partial charge in [-0.1, -0.05) is 11.6 Å². The van der Waals surface area contributed by atoms with Crippen LogP contribution in [-0.2, 0) is 21.2 Å². The number of hydrogen-bond donors (Lipinski definition) is 1. The van der Waals surface area contributed by atoms with Gasteiger partial charge in [0.15, 0.2) is 0 Å². The fourth-order valence-electron chi connectivity index (χ4n) is 2.90. The Bertz CT molecular complexity index is 733. The van der Waals surface area contributed by atoms with Gasteiger partial charge in [-0.05, 0) is 25.5 Å². The predicted octanol–water partition coefficient (Wildman–Crippen LogP) is 1.76. The van der Waals surface area contributed by atoms with Crippen molar-refractivity contribution in [2.75, 3.05) is 13.1 Å². The van der Waals surface area contributed by atoms with Gasteiger partial charge in [-0.3, -0.25) is 4.79 Å². The van der Waals surface area contributed by atoms with Gasteiger partial charge in [0.05, 0.1) is 15.8 Å². The van der Waals surface area contributed by atoms with Crippen molar-refractivity contribution >= 4 is 27.6 Å². The van der Waals surface area contributed by atoms with E-state index in [0.29, 0.717) is 18.6 Å². The van der Waals surface area contributed by atoms with Gasteiger partial charge in [-0.2, -0.15) is 4.31 Å². The number of carboxylic acid groups (broad SMARTS) is 1. The summed E-state index contributed by atoms with van der Waals surface area (Å²) in [5, 5.41) is 9.28. The van der Waals surface area contributed by atoms with Crippen molar-refractivity contribution in [3.05, 3.63) is 22.7 Å². The molecule has 0 aliphatic carbocycles. The Morgan fingerprint density at radius 2 is 2.18 bits per heavy atom. The maximum Gasteiger partial charge on any atom is 0.307 e. The van der Waals surface area contributed by atoms with E-state index >= 15 is 0 Å². The third-order valence-electron chi connectivity index (χ3n) is 4.06. The zero-order valence-electron chi connectivity index (χ0n) is 12.0. The van der Waals surface area contributed by atoms with Crippen LogP contribution in [0.2, 0.25) is 5.02 Å². The van der Waals surface area contributed by atoms with Crippen molar-refractivity contribution in [2.45, 2.75) is 30.8 Å². The zero-order chi connectivity index (χ0) is 16.1. The number of carbonyl (C=O) groups is 1. The molecule has 3 rings (SSSR count). The van der Waals surface area contributed by atoms with Crippen LogP contribution >= 0.6 is 11.6 Å². The molecule has 2 atom stereocenters. The molecule has 1 aromatic carbocycles. The van der Waals surface area contributed by atoms with Crippen molar-refractivity contribution in [3.63, 3.8) is 0 Å². The normalized spacial score (nSPS) is 25.0. The fourth-order valence-corrected chi connectivity index (χ4v) is 4.83. The minimum absolute atomic E-state index is 0.000721. The predicted molar refractivity (Wildman–Crippen MR) is 79.7 cm³/mol. The molecule has 1 aromatic rings. The molecule has 1 saturated heterocycles. The standard InChI is InChI=1S/C14H16ClNO5S/c1-8-4-10-5-11(6-12(15)13(10)21-8)22(19,20)16-3-2-9(7-16)14(17)18/h5-6,8-9H,2-4,7H2,1H3,(H,17,18). The van der Waals surface area contributed by atoms with Gasteiger partial charge in [0.25, 0.3) is 0 Å². The number of carboxylic acids is 1. The summed E-state index contributed by atoms with van der Waals surface area (Å²) in [4.78, 5) is 11.1. The molecule has 2 aliphatic rings. The van der Waals surface area contributed by atoms with E-state index in [1.807, 2.05) is 6.92 Å². The second-order valence-electron chi connectivity index (χ2n) is 5.71. The highest BCUT2D eigenvalue weighted by Gasteiger charge is 2.37. The Labute approximate surface area is 133 Å². The molecule has 0 bridgehead atoms. The Hall–Kier alpha value is -1.31. The summed E-state index contributed by atoms with van der Waals surface area (Å²) in [6, 6.07) is 2.95. The molecule has 6 nitrogen and oxygen atoms in total. The van der Waals surface area contributed by atoms with E-state index in [1.54, 1.807) is 6.07 Å². The monoisotopic (exact) mass is 345 g/mol. The zero-order valence-corrected chi connectivity index (χ0v) is 13.5. The van der Waals surface area contributed by atoms with E-state index in [4.69, 9.17) is 21.4 Å². The summed E-state index contributed by atoms with van der Waals surface area (Å²) in [6.45, 7) is 2.10. The molecule has 2 aliphatic heterocycles. The molecule has 22 heavy (non-hydrogen) atoms. The molecular formula is C14H16ClNO5S. The van der Waals surface area contributed by atoms with Crippen molar-refractivity contribution in [3.8, 4) is 5.75 Å². The molecule has 0 amide bonds. The van der Waals surface area contributed by atoms with Gasteiger partial charge in [-0.25, -0.2) is 8.42 Å². The number of ether oxygens (including phenoxy) is 1. The Morgan fingerprint density at radius 1 is 1.45 bits per heavy atom. The summed E-state index contributed by atoms with van der Waals surface area (Å²) in [7, 11) is -3.74.